The molecule has 0 saturated carbocycles. The summed E-state index contributed by atoms with van der Waals surface area (Å²) < 4.78 is 13.1. The van der Waals surface area contributed by atoms with E-state index in [9.17, 15) is 19.3 Å². The van der Waals surface area contributed by atoms with Gasteiger partial charge in [-0.25, -0.2) is 4.39 Å². The quantitative estimate of drug-likeness (QED) is 0.588. The first-order valence-corrected chi connectivity index (χ1v) is 6.30. The van der Waals surface area contributed by atoms with Gasteiger partial charge in [-0.05, 0) is 18.1 Å². The number of hydrogen-bond donors (Lipinski definition) is 2. The van der Waals surface area contributed by atoms with Gasteiger partial charge in [0.15, 0.2) is 0 Å². The van der Waals surface area contributed by atoms with E-state index in [1.54, 1.807) is 0 Å². The van der Waals surface area contributed by atoms with E-state index < -0.39 is 10.7 Å². The molecule has 0 aliphatic rings. The highest BCUT2D eigenvalue weighted by molar-refractivity contribution is 5.77. The van der Waals surface area contributed by atoms with Crippen LogP contribution < -0.4 is 10.6 Å². The number of nitrogens with one attached hydrogen (secondary N) is 2. The molecule has 0 bridgehead atoms. The van der Waals surface area contributed by atoms with E-state index in [1.807, 2.05) is 13.8 Å². The average Bonchev–Trinajstić information content (AvgIpc) is 2.36. The van der Waals surface area contributed by atoms with Crippen molar-refractivity contribution in [1.29, 1.82) is 0 Å². The minimum atomic E-state index is -0.574. The Hall–Kier alpha value is -2.02. The molecule has 1 rings (SSSR count). The summed E-state index contributed by atoms with van der Waals surface area (Å²) in [5.41, 5.74) is 0.0492. The predicted octanol–water partition coefficient (Wildman–Crippen LogP) is 1.60. The molecule has 2 N–H and O–H groups in total. The Morgan fingerprint density at radius 1 is 1.45 bits per heavy atom. The smallest absolute Gasteiger partial charge is 0.274 e. The Kier molecular flexibility index (Phi) is 6.05. The molecule has 0 atom stereocenters. The van der Waals surface area contributed by atoms with Crippen LogP contribution in [0.5, 0.6) is 0 Å². The molecule has 1 aromatic rings. The van der Waals surface area contributed by atoms with Crippen molar-refractivity contribution in [2.24, 2.45) is 5.92 Å². The van der Waals surface area contributed by atoms with Gasteiger partial charge in [0, 0.05) is 24.7 Å². The van der Waals surface area contributed by atoms with E-state index in [0.29, 0.717) is 12.5 Å². The number of nitro benzene ring substituents is 1. The second-order valence-corrected chi connectivity index (χ2v) is 4.83. The Labute approximate surface area is 116 Å². The van der Waals surface area contributed by atoms with Crippen molar-refractivity contribution < 1.29 is 14.1 Å². The van der Waals surface area contributed by atoms with Crippen LogP contribution in [0.15, 0.2) is 18.2 Å². The molecule has 1 amide bonds. The normalized spacial score (nSPS) is 10.6. The van der Waals surface area contributed by atoms with Gasteiger partial charge in [0.05, 0.1) is 11.5 Å². The summed E-state index contributed by atoms with van der Waals surface area (Å²) in [6.45, 7) is 4.61. The van der Waals surface area contributed by atoms with Gasteiger partial charge in [0.2, 0.25) is 5.91 Å². The van der Waals surface area contributed by atoms with Gasteiger partial charge in [0.1, 0.15) is 5.82 Å². The zero-order chi connectivity index (χ0) is 15.1. The molecular formula is C13H18FN3O3. The lowest BCUT2D eigenvalue weighted by Crippen LogP contribution is -2.35. The van der Waals surface area contributed by atoms with Crippen LogP contribution in [0.4, 0.5) is 10.1 Å². The van der Waals surface area contributed by atoms with Crippen molar-refractivity contribution in [3.8, 4) is 0 Å². The zero-order valence-corrected chi connectivity index (χ0v) is 11.5. The van der Waals surface area contributed by atoms with Crippen molar-refractivity contribution in [2.45, 2.75) is 20.4 Å². The van der Waals surface area contributed by atoms with Crippen LogP contribution in [-0.4, -0.2) is 23.9 Å². The Balaban J connectivity index is 2.51. The SMILES string of the molecule is CC(C)CNC(=O)CNCc1cc(F)ccc1[N+](=O)[O-]. The summed E-state index contributed by atoms with van der Waals surface area (Å²) in [6.07, 6.45) is 0. The fraction of sp³-hybridized carbons (Fsp3) is 0.462. The monoisotopic (exact) mass is 283 g/mol. The Morgan fingerprint density at radius 2 is 2.15 bits per heavy atom. The number of nitro groups is 1. The van der Waals surface area contributed by atoms with E-state index >= 15 is 0 Å². The number of carbonyl (C=O) groups is 1. The molecule has 110 valence electrons. The van der Waals surface area contributed by atoms with Gasteiger partial charge < -0.3 is 10.6 Å². The minimum Gasteiger partial charge on any atom is -0.355 e. The summed E-state index contributed by atoms with van der Waals surface area (Å²) in [5.74, 6) is -0.391. The molecule has 0 heterocycles. The molecule has 20 heavy (non-hydrogen) atoms. The average molecular weight is 283 g/mol. The highest BCUT2D eigenvalue weighted by Gasteiger charge is 2.14. The molecule has 0 spiro atoms. The van der Waals surface area contributed by atoms with Gasteiger partial charge in [-0.15, -0.1) is 0 Å². The first kappa shape index (κ1) is 16.0. The predicted molar refractivity (Wildman–Crippen MR) is 72.6 cm³/mol. The topological polar surface area (TPSA) is 84.3 Å². The van der Waals surface area contributed by atoms with Gasteiger partial charge in [-0.1, -0.05) is 13.8 Å². The molecule has 7 heteroatoms. The van der Waals surface area contributed by atoms with E-state index in [2.05, 4.69) is 10.6 Å². The minimum absolute atomic E-state index is 0.0282. The number of amides is 1. The summed E-state index contributed by atoms with van der Waals surface area (Å²) in [4.78, 5) is 21.7. The summed E-state index contributed by atoms with van der Waals surface area (Å²) in [7, 11) is 0. The molecule has 0 unspecified atom stereocenters. The van der Waals surface area contributed by atoms with Crippen LogP contribution in [0, 0.1) is 21.8 Å². The van der Waals surface area contributed by atoms with E-state index in [4.69, 9.17) is 0 Å². The van der Waals surface area contributed by atoms with Gasteiger partial charge in [0.25, 0.3) is 5.69 Å². The van der Waals surface area contributed by atoms with Crippen molar-refractivity contribution in [2.75, 3.05) is 13.1 Å². The maximum atomic E-state index is 13.1. The summed E-state index contributed by atoms with van der Waals surface area (Å²) in [6, 6.07) is 3.25. The fourth-order valence-corrected chi connectivity index (χ4v) is 1.56. The van der Waals surface area contributed by atoms with E-state index in [0.717, 1.165) is 18.2 Å². The summed E-state index contributed by atoms with van der Waals surface area (Å²) >= 11 is 0. The van der Waals surface area contributed by atoms with Crippen molar-refractivity contribution in [3.63, 3.8) is 0 Å². The lowest BCUT2D eigenvalue weighted by molar-refractivity contribution is -0.385. The first-order valence-electron chi connectivity index (χ1n) is 6.30. The maximum absolute atomic E-state index is 13.1. The van der Waals surface area contributed by atoms with Crippen LogP contribution in [0.1, 0.15) is 19.4 Å². The number of rotatable bonds is 7. The second-order valence-electron chi connectivity index (χ2n) is 4.83. The van der Waals surface area contributed by atoms with Crippen LogP contribution >= 0.6 is 0 Å². The lowest BCUT2D eigenvalue weighted by Gasteiger charge is -2.09. The highest BCUT2D eigenvalue weighted by Crippen LogP contribution is 2.19. The Bertz CT molecular complexity index is 492. The van der Waals surface area contributed by atoms with Crippen LogP contribution in [0.3, 0.4) is 0 Å². The van der Waals surface area contributed by atoms with Crippen LogP contribution in [-0.2, 0) is 11.3 Å². The zero-order valence-electron chi connectivity index (χ0n) is 11.5. The van der Waals surface area contributed by atoms with Crippen LogP contribution in [0.2, 0.25) is 0 Å². The molecule has 0 radical (unpaired) electrons. The van der Waals surface area contributed by atoms with Crippen molar-refractivity contribution >= 4 is 11.6 Å². The molecule has 0 fully saturated rings. The third-order valence-electron chi connectivity index (χ3n) is 2.55. The molecule has 0 aromatic heterocycles. The maximum Gasteiger partial charge on any atom is 0.274 e. The van der Waals surface area contributed by atoms with E-state index in [-0.39, 0.29) is 30.2 Å². The molecule has 1 aromatic carbocycles. The molecular weight excluding hydrogens is 265 g/mol. The number of benzene rings is 1. The molecule has 0 saturated heterocycles. The van der Waals surface area contributed by atoms with Crippen molar-refractivity contribution in [3.05, 3.63) is 39.7 Å². The Morgan fingerprint density at radius 3 is 2.75 bits per heavy atom. The largest absolute Gasteiger partial charge is 0.355 e. The lowest BCUT2D eigenvalue weighted by atomic mass is 10.1. The number of halogens is 1. The number of hydrogen-bond acceptors (Lipinski definition) is 4. The number of nitrogens with zero attached hydrogens (tertiary/aromatic N) is 1. The highest BCUT2D eigenvalue weighted by atomic mass is 19.1. The number of carbonyl (C=O) groups excluding carboxylic acids is 1. The van der Waals surface area contributed by atoms with E-state index in [1.165, 1.54) is 0 Å². The molecule has 0 aliphatic heterocycles. The summed E-state index contributed by atoms with van der Waals surface area (Å²) in [5, 5.41) is 16.3. The van der Waals surface area contributed by atoms with Crippen LogP contribution in [0.25, 0.3) is 0 Å². The van der Waals surface area contributed by atoms with Gasteiger partial charge in [-0.3, -0.25) is 14.9 Å². The van der Waals surface area contributed by atoms with Crippen molar-refractivity contribution in [1.82, 2.24) is 10.6 Å². The first-order chi connectivity index (χ1) is 9.40. The molecule has 6 nitrogen and oxygen atoms in total. The third kappa shape index (κ3) is 5.31. The van der Waals surface area contributed by atoms with Gasteiger partial charge in [-0.2, -0.15) is 0 Å². The second kappa shape index (κ2) is 7.54. The third-order valence-corrected chi connectivity index (χ3v) is 2.55. The molecule has 0 aliphatic carbocycles. The fourth-order valence-electron chi connectivity index (χ4n) is 1.56. The standard InChI is InChI=1S/C13H18FN3O3/c1-9(2)6-16-13(18)8-15-7-10-5-11(14)3-4-12(10)17(19)20/h3-5,9,15H,6-8H2,1-2H3,(H,16,18). The van der Waals surface area contributed by atoms with Gasteiger partial charge >= 0.3 is 0 Å².